The van der Waals surface area contributed by atoms with Gasteiger partial charge in [-0.25, -0.2) is 0 Å². The van der Waals surface area contributed by atoms with Gasteiger partial charge < -0.3 is 37.9 Å². The Labute approximate surface area is 208 Å². The van der Waals surface area contributed by atoms with Crippen molar-refractivity contribution >= 4 is 23.9 Å². The Morgan fingerprint density at radius 2 is 1.58 bits per heavy atom. The lowest BCUT2D eigenvalue weighted by atomic mass is 9.89. The molecule has 198 valence electrons. The summed E-state index contributed by atoms with van der Waals surface area (Å²) in [7, 11) is 0. The first-order valence-electron chi connectivity index (χ1n) is 11.3. The highest BCUT2D eigenvalue weighted by Gasteiger charge is 2.54. The number of rotatable bonds is 8. The van der Waals surface area contributed by atoms with E-state index in [1.807, 2.05) is 6.08 Å². The highest BCUT2D eigenvalue weighted by Crippen LogP contribution is 2.37. The topological polar surface area (TPSA) is 142 Å². The van der Waals surface area contributed by atoms with Crippen molar-refractivity contribution < 1.29 is 57.1 Å². The fourth-order valence-electron chi connectivity index (χ4n) is 4.15. The maximum Gasteiger partial charge on any atom is 0.303 e. The molecular formula is C24H30O12. The van der Waals surface area contributed by atoms with Crippen LogP contribution in [-0.2, 0) is 57.1 Å². The van der Waals surface area contributed by atoms with Gasteiger partial charge in [0, 0.05) is 33.3 Å². The van der Waals surface area contributed by atoms with Crippen molar-refractivity contribution in [3.8, 4) is 0 Å². The van der Waals surface area contributed by atoms with Gasteiger partial charge in [-0.1, -0.05) is 12.2 Å². The number of carbonyl (C=O) groups excluding carboxylic acids is 4. The number of ether oxygens (including phenoxy) is 8. The zero-order chi connectivity index (χ0) is 26.4. The molecule has 0 amide bonds. The van der Waals surface area contributed by atoms with Crippen LogP contribution in [0.5, 0.6) is 0 Å². The van der Waals surface area contributed by atoms with Crippen LogP contribution in [0.25, 0.3) is 0 Å². The molecule has 3 heterocycles. The van der Waals surface area contributed by atoms with E-state index in [-0.39, 0.29) is 6.61 Å². The Balaban J connectivity index is 1.96. The number of carbonyl (C=O) groups is 4. The van der Waals surface area contributed by atoms with E-state index in [0.29, 0.717) is 13.2 Å². The molecular weight excluding hydrogens is 480 g/mol. The highest BCUT2D eigenvalue weighted by molar-refractivity contribution is 5.68. The average molecular weight is 510 g/mol. The summed E-state index contributed by atoms with van der Waals surface area (Å²) in [6.45, 7) is 8.91. The van der Waals surface area contributed by atoms with Gasteiger partial charge in [0.2, 0.25) is 12.6 Å². The van der Waals surface area contributed by atoms with Gasteiger partial charge in [-0.2, -0.15) is 0 Å². The molecule has 0 spiro atoms. The molecule has 0 aromatic carbocycles. The van der Waals surface area contributed by atoms with Crippen LogP contribution in [0.15, 0.2) is 36.1 Å². The summed E-state index contributed by atoms with van der Waals surface area (Å²) < 4.78 is 44.6. The Bertz CT molecular complexity index is 937. The average Bonchev–Trinajstić information content (AvgIpc) is 2.80. The highest BCUT2D eigenvalue weighted by atomic mass is 16.8. The maximum atomic E-state index is 12.0. The molecule has 1 fully saturated rings. The third-order valence-electron chi connectivity index (χ3n) is 5.52. The number of esters is 4. The zero-order valence-electron chi connectivity index (χ0n) is 20.5. The zero-order valence-corrected chi connectivity index (χ0v) is 20.5. The van der Waals surface area contributed by atoms with E-state index in [1.54, 1.807) is 6.08 Å². The van der Waals surface area contributed by atoms with E-state index < -0.39 is 66.8 Å². The predicted molar refractivity (Wildman–Crippen MR) is 119 cm³/mol. The van der Waals surface area contributed by atoms with Crippen LogP contribution in [0.3, 0.4) is 0 Å². The third-order valence-corrected chi connectivity index (χ3v) is 5.52. The molecule has 3 rings (SSSR count). The Kier molecular flexibility index (Phi) is 9.24. The number of fused-ring (bicyclic) bond motifs is 1. The van der Waals surface area contributed by atoms with Crippen LogP contribution in [0.4, 0.5) is 0 Å². The first kappa shape index (κ1) is 27.4. The normalized spacial score (nSPS) is 31.4. The van der Waals surface area contributed by atoms with E-state index in [0.717, 1.165) is 31.9 Å². The molecule has 0 bridgehead atoms. The minimum Gasteiger partial charge on any atom is -0.471 e. The molecule has 36 heavy (non-hydrogen) atoms. The lowest BCUT2D eigenvalue weighted by molar-refractivity contribution is -0.339. The molecule has 0 radical (unpaired) electrons. The summed E-state index contributed by atoms with van der Waals surface area (Å²) in [5.41, 5.74) is 1.73. The smallest absolute Gasteiger partial charge is 0.303 e. The molecule has 0 saturated carbocycles. The molecule has 12 heteroatoms. The van der Waals surface area contributed by atoms with Crippen molar-refractivity contribution in [1.82, 2.24) is 0 Å². The van der Waals surface area contributed by atoms with Crippen LogP contribution < -0.4 is 0 Å². The van der Waals surface area contributed by atoms with Crippen molar-refractivity contribution in [2.24, 2.45) is 5.92 Å². The fraction of sp³-hybridized carbons (Fsp3) is 0.583. The summed E-state index contributed by atoms with van der Waals surface area (Å²) >= 11 is 0. The van der Waals surface area contributed by atoms with E-state index in [2.05, 4.69) is 6.58 Å². The third kappa shape index (κ3) is 6.71. The second kappa shape index (κ2) is 12.2. The second-order valence-electron chi connectivity index (χ2n) is 8.29. The summed E-state index contributed by atoms with van der Waals surface area (Å²) in [6.07, 6.45) is -2.40. The minimum atomic E-state index is -1.37. The van der Waals surface area contributed by atoms with E-state index in [1.165, 1.54) is 13.2 Å². The van der Waals surface area contributed by atoms with Crippen molar-refractivity contribution in [3.05, 3.63) is 36.1 Å². The molecule has 1 saturated heterocycles. The Morgan fingerprint density at radius 1 is 0.944 bits per heavy atom. The lowest BCUT2D eigenvalue weighted by Crippen LogP contribution is -2.63. The Morgan fingerprint density at radius 3 is 2.19 bits per heavy atom. The van der Waals surface area contributed by atoms with Gasteiger partial charge >= 0.3 is 23.9 Å². The SMILES string of the molecule is C=C[C@@H]1C2=CCOCC2=CO[C@H]1O[C@H]1O[C@H](COC(C)=O)[C@@H](OC(C)=O)[C@H](OC(C)=O)[C@H]1OC(C)=O. The van der Waals surface area contributed by atoms with Crippen molar-refractivity contribution in [1.29, 1.82) is 0 Å². The van der Waals surface area contributed by atoms with Gasteiger partial charge in [-0.3, -0.25) is 19.2 Å². The molecule has 0 N–H and O–H groups in total. The quantitative estimate of drug-likeness (QED) is 0.262. The Hall–Kier alpha value is -3.22. The molecule has 3 aliphatic rings. The fourth-order valence-corrected chi connectivity index (χ4v) is 4.15. The van der Waals surface area contributed by atoms with Gasteiger partial charge in [-0.05, 0) is 5.57 Å². The van der Waals surface area contributed by atoms with Crippen molar-refractivity contribution in [2.45, 2.75) is 64.7 Å². The summed E-state index contributed by atoms with van der Waals surface area (Å²) in [5.74, 6) is -3.23. The monoisotopic (exact) mass is 510 g/mol. The molecule has 0 aromatic rings. The van der Waals surface area contributed by atoms with Gasteiger partial charge in [0.25, 0.3) is 0 Å². The van der Waals surface area contributed by atoms with Crippen LogP contribution >= 0.6 is 0 Å². The largest absolute Gasteiger partial charge is 0.471 e. The van der Waals surface area contributed by atoms with E-state index >= 15 is 0 Å². The van der Waals surface area contributed by atoms with Gasteiger partial charge in [-0.15, -0.1) is 6.58 Å². The number of hydrogen-bond acceptors (Lipinski definition) is 12. The second-order valence-corrected chi connectivity index (χ2v) is 8.29. The van der Waals surface area contributed by atoms with Crippen LogP contribution in [0.2, 0.25) is 0 Å². The van der Waals surface area contributed by atoms with Crippen LogP contribution in [-0.4, -0.2) is 80.7 Å². The first-order valence-corrected chi connectivity index (χ1v) is 11.3. The molecule has 12 nitrogen and oxygen atoms in total. The predicted octanol–water partition coefficient (Wildman–Crippen LogP) is 1.09. The minimum absolute atomic E-state index is 0.360. The van der Waals surface area contributed by atoms with Crippen LogP contribution in [0, 0.1) is 5.92 Å². The van der Waals surface area contributed by atoms with Gasteiger partial charge in [0.15, 0.2) is 18.3 Å². The molecule has 0 aliphatic carbocycles. The summed E-state index contributed by atoms with van der Waals surface area (Å²) in [6, 6.07) is 0. The summed E-state index contributed by atoms with van der Waals surface area (Å²) in [4.78, 5) is 47.3. The van der Waals surface area contributed by atoms with Crippen molar-refractivity contribution in [2.75, 3.05) is 19.8 Å². The first-order chi connectivity index (χ1) is 17.1. The maximum absolute atomic E-state index is 12.0. The number of hydrogen-bond donors (Lipinski definition) is 0. The lowest BCUT2D eigenvalue weighted by Gasteiger charge is -2.45. The van der Waals surface area contributed by atoms with E-state index in [9.17, 15) is 19.2 Å². The van der Waals surface area contributed by atoms with Crippen LogP contribution in [0.1, 0.15) is 27.7 Å². The summed E-state index contributed by atoms with van der Waals surface area (Å²) in [5, 5.41) is 0. The standard InChI is InChI=1S/C24H30O12/c1-6-17-18-7-8-29-9-16(18)10-31-23(17)36-24-22(34-15(5)28)21(33-14(4)27)20(32-13(3)26)19(35-24)11-30-12(2)25/h6-7,10,17,19-24H,1,8-9,11H2,2-5H3/t17-,19-,20-,21+,22-,23+,24-/m1/s1. The molecule has 0 unspecified atom stereocenters. The molecule has 0 aromatic heterocycles. The molecule has 3 aliphatic heterocycles. The van der Waals surface area contributed by atoms with Gasteiger partial charge in [0.05, 0.1) is 25.4 Å². The van der Waals surface area contributed by atoms with Crippen molar-refractivity contribution in [3.63, 3.8) is 0 Å². The molecule has 7 atom stereocenters. The van der Waals surface area contributed by atoms with Gasteiger partial charge in [0.1, 0.15) is 12.7 Å². The van der Waals surface area contributed by atoms with E-state index in [4.69, 9.17) is 37.9 Å².